The highest BCUT2D eigenvalue weighted by molar-refractivity contribution is 5.27. The van der Waals surface area contributed by atoms with E-state index in [2.05, 4.69) is 5.43 Å². The summed E-state index contributed by atoms with van der Waals surface area (Å²) >= 11 is 0. The van der Waals surface area contributed by atoms with E-state index in [9.17, 15) is 4.91 Å². The maximum absolute atomic E-state index is 11.6. The van der Waals surface area contributed by atoms with Crippen molar-refractivity contribution in [2.24, 2.45) is 0 Å². The third-order valence-corrected chi connectivity index (χ3v) is 2.49. The SMILES string of the molecule is CC1=CN[N+](=O)C(C)(C)C(CCO)=C1. The number of aliphatic hydroxyl groups excluding tert-OH is 1. The predicted octanol–water partition coefficient (Wildman–Crippen LogP) is 1.27. The molecule has 0 bridgehead atoms. The fourth-order valence-corrected chi connectivity index (χ4v) is 1.44. The molecule has 1 aliphatic heterocycles. The van der Waals surface area contributed by atoms with Crippen molar-refractivity contribution in [2.45, 2.75) is 32.7 Å². The minimum atomic E-state index is -0.614. The predicted molar refractivity (Wildman–Crippen MR) is 54.4 cm³/mol. The van der Waals surface area contributed by atoms with Crippen molar-refractivity contribution in [3.05, 3.63) is 28.3 Å². The zero-order valence-electron chi connectivity index (χ0n) is 8.87. The Morgan fingerprint density at radius 2 is 2.21 bits per heavy atom. The maximum Gasteiger partial charge on any atom is 0.259 e. The van der Waals surface area contributed by atoms with Crippen LogP contribution in [0.3, 0.4) is 0 Å². The molecule has 0 fully saturated rings. The number of nitroso groups, excluding NO2 is 1. The number of rotatable bonds is 2. The second-order valence-corrected chi connectivity index (χ2v) is 4.01. The molecule has 0 aliphatic carbocycles. The monoisotopic (exact) mass is 197 g/mol. The highest BCUT2D eigenvalue weighted by atomic mass is 16.3. The average Bonchev–Trinajstić information content (AvgIpc) is 2.20. The normalized spacial score (nSPS) is 20.7. The lowest BCUT2D eigenvalue weighted by molar-refractivity contribution is -0.653. The summed E-state index contributed by atoms with van der Waals surface area (Å²) in [5.74, 6) is 0. The molecule has 0 aromatic carbocycles. The molecule has 0 spiro atoms. The molecule has 0 amide bonds. The Bertz CT molecular complexity index is 303. The Balaban J connectivity index is 3.05. The van der Waals surface area contributed by atoms with E-state index in [1.807, 2.05) is 26.8 Å². The van der Waals surface area contributed by atoms with Crippen molar-refractivity contribution in [3.63, 3.8) is 0 Å². The summed E-state index contributed by atoms with van der Waals surface area (Å²) < 4.78 is 0. The zero-order valence-corrected chi connectivity index (χ0v) is 8.87. The number of aliphatic hydroxyl groups is 1. The second-order valence-electron chi connectivity index (χ2n) is 4.01. The van der Waals surface area contributed by atoms with Crippen molar-refractivity contribution in [3.8, 4) is 0 Å². The van der Waals surface area contributed by atoms with Crippen LogP contribution in [0, 0.1) is 4.91 Å². The standard InChI is InChI=1S/C10H17N2O2/c1-8-6-9(4-5-13)10(2,3)12(14)11-7-8/h6-7,13H,4-5H2,1-3H3,(H,11,14)/q+1. The van der Waals surface area contributed by atoms with Crippen molar-refractivity contribution in [2.75, 3.05) is 6.61 Å². The summed E-state index contributed by atoms with van der Waals surface area (Å²) in [4.78, 5) is 12.4. The lowest BCUT2D eigenvalue weighted by Gasteiger charge is -2.16. The van der Waals surface area contributed by atoms with Crippen LogP contribution in [0.4, 0.5) is 0 Å². The molecule has 0 radical (unpaired) electrons. The molecule has 4 heteroatoms. The summed E-state index contributed by atoms with van der Waals surface area (Å²) in [5.41, 5.74) is 3.97. The lowest BCUT2D eigenvalue weighted by atomic mass is 9.91. The van der Waals surface area contributed by atoms with Crippen LogP contribution in [0.1, 0.15) is 27.2 Å². The molecule has 2 N–H and O–H groups in total. The van der Waals surface area contributed by atoms with Gasteiger partial charge in [0.25, 0.3) is 5.54 Å². The van der Waals surface area contributed by atoms with E-state index in [0.29, 0.717) is 6.42 Å². The molecule has 4 nitrogen and oxygen atoms in total. The molecule has 14 heavy (non-hydrogen) atoms. The smallest absolute Gasteiger partial charge is 0.259 e. The van der Waals surface area contributed by atoms with Gasteiger partial charge in [-0.15, -0.1) is 5.43 Å². The van der Waals surface area contributed by atoms with E-state index in [0.717, 1.165) is 16.0 Å². The summed E-state index contributed by atoms with van der Waals surface area (Å²) in [6.45, 7) is 5.65. The first kappa shape index (κ1) is 10.9. The molecule has 0 aromatic heterocycles. The minimum Gasteiger partial charge on any atom is -0.396 e. The fraction of sp³-hybridized carbons (Fsp3) is 0.600. The molecule has 0 atom stereocenters. The van der Waals surface area contributed by atoms with Crippen LogP contribution in [0.25, 0.3) is 0 Å². The van der Waals surface area contributed by atoms with E-state index in [1.165, 1.54) is 0 Å². The first-order valence-corrected chi connectivity index (χ1v) is 4.70. The third-order valence-electron chi connectivity index (χ3n) is 2.49. The lowest BCUT2D eigenvalue weighted by Crippen LogP contribution is -2.42. The topological polar surface area (TPSA) is 52.3 Å². The summed E-state index contributed by atoms with van der Waals surface area (Å²) in [7, 11) is 0. The van der Waals surface area contributed by atoms with Gasteiger partial charge in [0.05, 0.1) is 11.1 Å². The van der Waals surface area contributed by atoms with E-state index in [1.54, 1.807) is 6.20 Å². The second kappa shape index (κ2) is 3.92. The van der Waals surface area contributed by atoms with Crippen LogP contribution in [-0.2, 0) is 0 Å². The maximum atomic E-state index is 11.6. The molecule has 1 rings (SSSR count). The van der Waals surface area contributed by atoms with E-state index in [4.69, 9.17) is 5.11 Å². The van der Waals surface area contributed by atoms with Gasteiger partial charge in [-0.1, -0.05) is 6.08 Å². The number of hydrogen-bond acceptors (Lipinski definition) is 2. The molecule has 0 unspecified atom stereocenters. The summed E-state index contributed by atoms with van der Waals surface area (Å²) in [6, 6.07) is 0. The molecule has 0 saturated heterocycles. The van der Waals surface area contributed by atoms with Gasteiger partial charge in [-0.25, -0.2) is 0 Å². The molecular formula is C10H17N2O2+. The molecule has 0 aromatic rings. The van der Waals surface area contributed by atoms with Gasteiger partial charge in [0, 0.05) is 26.0 Å². The largest absolute Gasteiger partial charge is 0.396 e. The number of nitrogens with one attached hydrogen (secondary N) is 1. The number of allylic oxidation sites excluding steroid dienone is 2. The van der Waals surface area contributed by atoms with Crippen molar-refractivity contribution < 1.29 is 9.98 Å². The molecule has 78 valence electrons. The zero-order chi connectivity index (χ0) is 10.8. The quantitative estimate of drug-likeness (QED) is 0.655. The molecule has 1 heterocycles. The molecule has 1 aliphatic rings. The van der Waals surface area contributed by atoms with Gasteiger partial charge in [-0.2, -0.15) is 0 Å². The highest BCUT2D eigenvalue weighted by Gasteiger charge is 2.40. The highest BCUT2D eigenvalue weighted by Crippen LogP contribution is 2.25. The van der Waals surface area contributed by atoms with Gasteiger partial charge in [-0.05, 0) is 18.9 Å². The van der Waals surface area contributed by atoms with Crippen molar-refractivity contribution in [1.82, 2.24) is 5.43 Å². The first-order chi connectivity index (χ1) is 6.48. The first-order valence-electron chi connectivity index (χ1n) is 4.70. The van der Waals surface area contributed by atoms with Crippen LogP contribution in [-0.4, -0.2) is 22.1 Å². The van der Waals surface area contributed by atoms with Crippen LogP contribution in [0.5, 0.6) is 0 Å². The van der Waals surface area contributed by atoms with Crippen LogP contribution >= 0.6 is 0 Å². The number of hydrazine groups is 1. The number of hydrogen-bond donors (Lipinski definition) is 2. The van der Waals surface area contributed by atoms with Crippen LogP contribution in [0.2, 0.25) is 0 Å². The average molecular weight is 197 g/mol. The molecular weight excluding hydrogens is 180 g/mol. The van der Waals surface area contributed by atoms with Gasteiger partial charge in [0.2, 0.25) is 0 Å². The summed E-state index contributed by atoms with van der Waals surface area (Å²) in [5, 5.41) is 8.91. The van der Waals surface area contributed by atoms with Gasteiger partial charge >= 0.3 is 0 Å². The Morgan fingerprint density at radius 1 is 1.57 bits per heavy atom. The van der Waals surface area contributed by atoms with Crippen molar-refractivity contribution in [1.29, 1.82) is 0 Å². The Kier molecular flexibility index (Phi) is 3.06. The molecule has 0 saturated carbocycles. The van der Waals surface area contributed by atoms with Gasteiger partial charge in [-0.3, -0.25) is 0 Å². The number of nitrogens with zero attached hydrogens (tertiary/aromatic N) is 1. The Morgan fingerprint density at radius 3 is 2.79 bits per heavy atom. The Hall–Kier alpha value is -1.16. The summed E-state index contributed by atoms with van der Waals surface area (Å²) in [6.07, 6.45) is 4.14. The van der Waals surface area contributed by atoms with E-state index >= 15 is 0 Å². The third kappa shape index (κ3) is 2.01. The van der Waals surface area contributed by atoms with Gasteiger partial charge < -0.3 is 5.11 Å². The van der Waals surface area contributed by atoms with Crippen LogP contribution in [0.15, 0.2) is 23.4 Å². The Labute approximate surface area is 83.9 Å². The van der Waals surface area contributed by atoms with Crippen molar-refractivity contribution >= 4 is 0 Å². The van der Waals surface area contributed by atoms with Gasteiger partial charge in [0.1, 0.15) is 4.87 Å². The van der Waals surface area contributed by atoms with E-state index in [-0.39, 0.29) is 6.61 Å². The minimum absolute atomic E-state index is 0.0659. The van der Waals surface area contributed by atoms with Crippen LogP contribution < -0.4 is 5.43 Å². The van der Waals surface area contributed by atoms with Gasteiger partial charge in [0.15, 0.2) is 0 Å². The van der Waals surface area contributed by atoms with E-state index < -0.39 is 5.54 Å². The fourth-order valence-electron chi connectivity index (χ4n) is 1.44.